The Labute approximate surface area is 195 Å². The lowest BCUT2D eigenvalue weighted by atomic mass is 10.1. The highest BCUT2D eigenvalue weighted by atomic mass is 19.1. The number of carbonyl (C=O) groups is 1. The van der Waals surface area contributed by atoms with E-state index < -0.39 is 23.0 Å². The number of fused-ring (bicyclic) bond motifs is 1. The quantitative estimate of drug-likeness (QED) is 0.476. The van der Waals surface area contributed by atoms with Gasteiger partial charge in [-0.1, -0.05) is 18.2 Å². The number of hydrogen-bond donors (Lipinski definition) is 1. The third-order valence-corrected chi connectivity index (χ3v) is 5.64. The number of nitrogens with one attached hydrogen (secondary N) is 1. The van der Waals surface area contributed by atoms with Crippen LogP contribution in [0.5, 0.6) is 0 Å². The molecule has 1 N–H and O–H groups in total. The molecular weight excluding hydrogens is 437 g/mol. The molecule has 1 amide bonds. The lowest BCUT2D eigenvalue weighted by Crippen LogP contribution is -2.42. The summed E-state index contributed by atoms with van der Waals surface area (Å²) in [5, 5.41) is 7.25. The Morgan fingerprint density at radius 3 is 2.24 bits per heavy atom. The zero-order valence-corrected chi connectivity index (χ0v) is 19.6. The highest BCUT2D eigenvalue weighted by Crippen LogP contribution is 2.16. The number of nitrogens with zero attached hydrogens (tertiary/aromatic N) is 4. The summed E-state index contributed by atoms with van der Waals surface area (Å²) in [5.74, 6) is -0.810. The van der Waals surface area contributed by atoms with Gasteiger partial charge in [-0.25, -0.2) is 9.18 Å². The minimum Gasteiger partial charge on any atom is -0.325 e. The number of carbonyl (C=O) groups excluding carboxylic acids is 1. The van der Waals surface area contributed by atoms with Gasteiger partial charge in [-0.3, -0.25) is 23.4 Å². The van der Waals surface area contributed by atoms with Gasteiger partial charge in [0.1, 0.15) is 17.9 Å². The van der Waals surface area contributed by atoms with Crippen LogP contribution < -0.4 is 16.6 Å². The first-order valence-corrected chi connectivity index (χ1v) is 11.0. The molecule has 34 heavy (non-hydrogen) atoms. The monoisotopic (exact) mass is 463 g/mol. The van der Waals surface area contributed by atoms with Gasteiger partial charge in [0.25, 0.3) is 5.56 Å². The molecule has 4 aromatic rings. The second kappa shape index (κ2) is 9.09. The average molecular weight is 464 g/mol. The van der Waals surface area contributed by atoms with Gasteiger partial charge >= 0.3 is 5.69 Å². The number of benzene rings is 2. The summed E-state index contributed by atoms with van der Waals surface area (Å²) in [5.41, 5.74) is 3.17. The van der Waals surface area contributed by atoms with Crippen molar-refractivity contribution in [2.24, 2.45) is 0 Å². The molecule has 0 saturated carbocycles. The Balaban J connectivity index is 1.82. The molecule has 2 aromatic heterocycles. The second-order valence-corrected chi connectivity index (χ2v) is 8.41. The van der Waals surface area contributed by atoms with Gasteiger partial charge in [-0.15, -0.1) is 0 Å². The molecule has 176 valence electrons. The van der Waals surface area contributed by atoms with Gasteiger partial charge in [0, 0.05) is 12.2 Å². The number of aryl methyl sites for hydroxylation is 4. The van der Waals surface area contributed by atoms with Crippen LogP contribution in [0.1, 0.15) is 29.3 Å². The maximum atomic E-state index is 13.5. The zero-order chi connectivity index (χ0) is 24.6. The van der Waals surface area contributed by atoms with E-state index in [1.807, 2.05) is 39.0 Å². The lowest BCUT2D eigenvalue weighted by Gasteiger charge is -2.14. The van der Waals surface area contributed by atoms with Gasteiger partial charge in [-0.2, -0.15) is 5.10 Å². The third kappa shape index (κ3) is 4.41. The minimum absolute atomic E-state index is 0.0550. The standard InChI is InChI=1S/C25H26FN5O3/c1-5-31-23-22(17(4)28-31)29(14-21(32)27-20-11-15(2)10-16(3)12-20)25(34)30(24(23)33)13-18-6-8-19(26)9-7-18/h6-12H,5,13-14H2,1-4H3,(H,27,32). The Bertz CT molecular complexity index is 1490. The Morgan fingerprint density at radius 1 is 0.971 bits per heavy atom. The van der Waals surface area contributed by atoms with E-state index in [1.54, 1.807) is 6.92 Å². The maximum absolute atomic E-state index is 13.5. The smallest absolute Gasteiger partial charge is 0.325 e. The average Bonchev–Trinajstić information content (AvgIpc) is 3.11. The fourth-order valence-electron chi connectivity index (χ4n) is 4.24. The van der Waals surface area contributed by atoms with Crippen LogP contribution in [0.25, 0.3) is 11.0 Å². The Morgan fingerprint density at radius 2 is 1.62 bits per heavy atom. The van der Waals surface area contributed by atoms with Crippen molar-refractivity contribution in [2.75, 3.05) is 5.32 Å². The van der Waals surface area contributed by atoms with Crippen molar-refractivity contribution in [3.63, 3.8) is 0 Å². The molecular formula is C25H26FN5O3. The zero-order valence-electron chi connectivity index (χ0n) is 19.6. The summed E-state index contributed by atoms with van der Waals surface area (Å²) >= 11 is 0. The first-order valence-electron chi connectivity index (χ1n) is 11.0. The van der Waals surface area contributed by atoms with Crippen LogP contribution in [-0.4, -0.2) is 24.8 Å². The SMILES string of the molecule is CCn1nc(C)c2c1c(=O)n(Cc1ccc(F)cc1)c(=O)n2CC(=O)Nc1cc(C)cc(C)c1. The number of amides is 1. The normalized spacial score (nSPS) is 11.2. The van der Waals surface area contributed by atoms with Crippen molar-refractivity contribution in [3.8, 4) is 0 Å². The molecule has 9 heteroatoms. The predicted molar refractivity (Wildman–Crippen MR) is 129 cm³/mol. The number of halogens is 1. The molecule has 8 nitrogen and oxygen atoms in total. The first-order chi connectivity index (χ1) is 16.2. The van der Waals surface area contributed by atoms with Crippen LogP contribution >= 0.6 is 0 Å². The highest BCUT2D eigenvalue weighted by Gasteiger charge is 2.22. The van der Waals surface area contributed by atoms with E-state index in [4.69, 9.17) is 0 Å². The molecule has 0 saturated heterocycles. The van der Waals surface area contributed by atoms with Gasteiger partial charge in [0.15, 0.2) is 5.52 Å². The Hall–Kier alpha value is -4.01. The van der Waals surface area contributed by atoms with Crippen molar-refractivity contribution in [3.05, 3.63) is 91.5 Å². The topological polar surface area (TPSA) is 90.9 Å². The van der Waals surface area contributed by atoms with Gasteiger partial charge in [0.2, 0.25) is 5.91 Å². The van der Waals surface area contributed by atoms with Crippen LogP contribution in [0.3, 0.4) is 0 Å². The molecule has 0 aliphatic rings. The minimum atomic E-state index is -0.629. The number of anilines is 1. The molecule has 0 atom stereocenters. The van der Waals surface area contributed by atoms with Crippen LogP contribution in [0.2, 0.25) is 0 Å². The number of rotatable bonds is 6. The molecule has 0 bridgehead atoms. The molecule has 0 unspecified atom stereocenters. The van der Waals surface area contributed by atoms with Gasteiger partial charge < -0.3 is 5.32 Å². The summed E-state index contributed by atoms with van der Waals surface area (Å²) < 4.78 is 17.2. The number of hydrogen-bond acceptors (Lipinski definition) is 4. The summed E-state index contributed by atoms with van der Waals surface area (Å²) in [6.45, 7) is 7.49. The van der Waals surface area contributed by atoms with Crippen LogP contribution in [0, 0.1) is 26.6 Å². The summed E-state index contributed by atoms with van der Waals surface area (Å²) in [4.78, 5) is 39.7. The fraction of sp³-hybridized carbons (Fsp3) is 0.280. The highest BCUT2D eigenvalue weighted by molar-refractivity contribution is 5.91. The van der Waals surface area contributed by atoms with E-state index in [9.17, 15) is 18.8 Å². The van der Waals surface area contributed by atoms with E-state index in [0.717, 1.165) is 15.7 Å². The molecule has 4 rings (SSSR count). The summed E-state index contributed by atoms with van der Waals surface area (Å²) in [6, 6.07) is 11.3. The van der Waals surface area contributed by atoms with E-state index in [0.29, 0.717) is 29.0 Å². The van der Waals surface area contributed by atoms with E-state index in [1.165, 1.54) is 33.5 Å². The largest absolute Gasteiger partial charge is 0.332 e. The van der Waals surface area contributed by atoms with E-state index in [-0.39, 0.29) is 18.6 Å². The Kier molecular flexibility index (Phi) is 6.19. The van der Waals surface area contributed by atoms with Crippen molar-refractivity contribution in [1.29, 1.82) is 0 Å². The van der Waals surface area contributed by atoms with Crippen molar-refractivity contribution < 1.29 is 9.18 Å². The summed E-state index contributed by atoms with van der Waals surface area (Å²) in [7, 11) is 0. The van der Waals surface area contributed by atoms with E-state index >= 15 is 0 Å². The molecule has 0 spiro atoms. The van der Waals surface area contributed by atoms with Crippen molar-refractivity contribution in [2.45, 2.75) is 47.3 Å². The number of aromatic nitrogens is 4. The van der Waals surface area contributed by atoms with E-state index in [2.05, 4.69) is 10.4 Å². The second-order valence-electron chi connectivity index (χ2n) is 8.41. The van der Waals surface area contributed by atoms with Crippen LogP contribution in [0.4, 0.5) is 10.1 Å². The van der Waals surface area contributed by atoms with Gasteiger partial charge in [-0.05, 0) is 68.7 Å². The van der Waals surface area contributed by atoms with Crippen LogP contribution in [-0.2, 0) is 24.4 Å². The molecule has 2 aromatic carbocycles. The molecule has 0 radical (unpaired) electrons. The molecule has 0 aliphatic heterocycles. The first kappa shape index (κ1) is 23.2. The van der Waals surface area contributed by atoms with Crippen molar-refractivity contribution in [1.82, 2.24) is 18.9 Å². The maximum Gasteiger partial charge on any atom is 0.332 e. The lowest BCUT2D eigenvalue weighted by molar-refractivity contribution is -0.116. The van der Waals surface area contributed by atoms with Gasteiger partial charge in [0.05, 0.1) is 12.2 Å². The predicted octanol–water partition coefficient (Wildman–Crippen LogP) is 3.13. The fourth-order valence-corrected chi connectivity index (χ4v) is 4.24. The molecule has 0 fully saturated rings. The third-order valence-electron chi connectivity index (χ3n) is 5.64. The van der Waals surface area contributed by atoms with Crippen molar-refractivity contribution >= 4 is 22.6 Å². The van der Waals surface area contributed by atoms with Crippen LogP contribution in [0.15, 0.2) is 52.1 Å². The summed E-state index contributed by atoms with van der Waals surface area (Å²) in [6.07, 6.45) is 0. The molecule has 2 heterocycles. The molecule has 0 aliphatic carbocycles.